The number of aromatic nitrogens is 1. The number of nitrogens with two attached hydrogens (primary N) is 1. The van der Waals surface area contributed by atoms with Gasteiger partial charge in [0.2, 0.25) is 5.91 Å². The lowest BCUT2D eigenvalue weighted by molar-refractivity contribution is -0.222. The minimum atomic E-state index is -0.897. The number of fused-ring (bicyclic) bond motifs is 1. The molecule has 1 saturated carbocycles. The maximum Gasteiger partial charge on any atom is 0.245 e. The Bertz CT molecular complexity index is 772. The van der Waals surface area contributed by atoms with Gasteiger partial charge in [-0.2, -0.15) is 0 Å². The van der Waals surface area contributed by atoms with Crippen molar-refractivity contribution in [1.29, 1.82) is 0 Å². The quantitative estimate of drug-likeness (QED) is 0.884. The average Bonchev–Trinajstić information content (AvgIpc) is 3.16. The van der Waals surface area contributed by atoms with E-state index < -0.39 is 5.54 Å². The average molecular weight is 357 g/mol. The van der Waals surface area contributed by atoms with Crippen LogP contribution in [-0.2, 0) is 9.53 Å². The minimum absolute atomic E-state index is 0.0734. The van der Waals surface area contributed by atoms with Crippen molar-refractivity contribution in [3.05, 3.63) is 35.8 Å². The van der Waals surface area contributed by atoms with Crippen LogP contribution in [0, 0.1) is 11.3 Å². The number of anilines is 1. The molecule has 2 fully saturated rings. The molecule has 2 aromatic rings. The molecule has 25 heavy (non-hydrogen) atoms. The summed E-state index contributed by atoms with van der Waals surface area (Å²) in [6.45, 7) is 4.83. The molecule has 5 nitrogen and oxygen atoms in total. The monoisotopic (exact) mass is 357 g/mol. The van der Waals surface area contributed by atoms with Gasteiger partial charge in [-0.25, -0.2) is 4.98 Å². The van der Waals surface area contributed by atoms with Crippen molar-refractivity contribution < 1.29 is 9.53 Å². The highest BCUT2D eigenvalue weighted by Crippen LogP contribution is 2.57. The Morgan fingerprint density at radius 3 is 2.80 bits per heavy atom. The van der Waals surface area contributed by atoms with Crippen molar-refractivity contribution >= 4 is 22.9 Å². The fourth-order valence-electron chi connectivity index (χ4n) is 4.33. The van der Waals surface area contributed by atoms with Crippen LogP contribution in [0.1, 0.15) is 26.7 Å². The van der Waals surface area contributed by atoms with Crippen LogP contribution in [0.2, 0.25) is 0 Å². The van der Waals surface area contributed by atoms with E-state index >= 15 is 0 Å². The number of amides is 1. The fraction of sp³-hybridized carbons (Fsp3) is 0.474. The van der Waals surface area contributed by atoms with E-state index in [9.17, 15) is 4.79 Å². The van der Waals surface area contributed by atoms with E-state index in [0.717, 1.165) is 35.7 Å². The first kappa shape index (κ1) is 16.7. The van der Waals surface area contributed by atoms with Crippen molar-refractivity contribution in [3.63, 3.8) is 0 Å². The molecular formula is C19H23N3O2S. The van der Waals surface area contributed by atoms with Gasteiger partial charge in [-0.15, -0.1) is 11.3 Å². The number of hydrogen-bond acceptors (Lipinski definition) is 5. The molecule has 3 atom stereocenters. The molecule has 0 radical (unpaired) electrons. The second-order valence-electron chi connectivity index (χ2n) is 7.50. The van der Waals surface area contributed by atoms with Crippen molar-refractivity contribution in [2.75, 3.05) is 11.9 Å². The third-order valence-corrected chi connectivity index (χ3v) is 6.70. The van der Waals surface area contributed by atoms with Crippen LogP contribution in [0.25, 0.3) is 10.6 Å². The van der Waals surface area contributed by atoms with Gasteiger partial charge >= 0.3 is 0 Å². The molecule has 2 aliphatic rings. The zero-order chi connectivity index (χ0) is 17.7. The van der Waals surface area contributed by atoms with Crippen LogP contribution in [0.15, 0.2) is 35.8 Å². The summed E-state index contributed by atoms with van der Waals surface area (Å²) in [6.07, 6.45) is 3.77. The fourth-order valence-corrected chi connectivity index (χ4v) is 4.98. The van der Waals surface area contributed by atoms with E-state index in [-0.39, 0.29) is 23.3 Å². The first-order valence-electron chi connectivity index (χ1n) is 8.66. The molecule has 4 rings (SSSR count). The third kappa shape index (κ3) is 2.43. The summed E-state index contributed by atoms with van der Waals surface area (Å²) < 4.78 is 5.88. The Morgan fingerprint density at radius 1 is 1.36 bits per heavy atom. The molecule has 1 aliphatic heterocycles. The van der Waals surface area contributed by atoms with Crippen LogP contribution in [0.4, 0.5) is 5.69 Å². The van der Waals surface area contributed by atoms with Crippen LogP contribution in [0.5, 0.6) is 0 Å². The lowest BCUT2D eigenvalue weighted by Crippen LogP contribution is -2.81. The molecule has 132 valence electrons. The zero-order valence-electron chi connectivity index (χ0n) is 14.5. The van der Waals surface area contributed by atoms with E-state index in [4.69, 9.17) is 10.5 Å². The van der Waals surface area contributed by atoms with Crippen LogP contribution in [0.3, 0.4) is 0 Å². The highest BCUT2D eigenvalue weighted by atomic mass is 32.1. The minimum Gasteiger partial charge on any atom is -0.377 e. The van der Waals surface area contributed by atoms with Crippen LogP contribution < -0.4 is 11.1 Å². The molecule has 6 heteroatoms. The van der Waals surface area contributed by atoms with E-state index in [1.807, 2.05) is 43.5 Å². The molecule has 1 amide bonds. The largest absolute Gasteiger partial charge is 0.377 e. The topological polar surface area (TPSA) is 77.2 Å². The number of carbonyl (C=O) groups excluding carboxylic acids is 1. The molecule has 3 N–H and O–H groups in total. The maximum absolute atomic E-state index is 13.0. The summed E-state index contributed by atoms with van der Waals surface area (Å²) >= 11 is 1.59. The van der Waals surface area contributed by atoms with Crippen molar-refractivity contribution in [3.8, 4) is 10.6 Å². The molecule has 3 unspecified atom stereocenters. The van der Waals surface area contributed by atoms with Gasteiger partial charge in [-0.1, -0.05) is 13.8 Å². The number of ether oxygens (including phenoxy) is 1. The van der Waals surface area contributed by atoms with Crippen molar-refractivity contribution in [1.82, 2.24) is 4.98 Å². The second kappa shape index (κ2) is 5.90. The number of benzene rings is 1. The Kier molecular flexibility index (Phi) is 3.94. The lowest BCUT2D eigenvalue weighted by Gasteiger charge is -2.65. The van der Waals surface area contributed by atoms with Crippen molar-refractivity contribution in [2.24, 2.45) is 17.1 Å². The van der Waals surface area contributed by atoms with E-state index in [1.54, 1.807) is 17.5 Å². The molecule has 0 bridgehead atoms. The Balaban J connectivity index is 1.52. The highest BCUT2D eigenvalue weighted by Gasteiger charge is 2.70. The molecule has 2 heterocycles. The lowest BCUT2D eigenvalue weighted by atomic mass is 9.46. The SMILES string of the molecule is CC1(C)C2OCCCC2C1(N)C(=O)Nc1ccc(-c2nccs2)cc1. The number of hydrogen-bond donors (Lipinski definition) is 2. The summed E-state index contributed by atoms with van der Waals surface area (Å²) in [5, 5.41) is 5.93. The molecule has 1 aliphatic carbocycles. The predicted octanol–water partition coefficient (Wildman–Crippen LogP) is 3.28. The van der Waals surface area contributed by atoms with Gasteiger partial charge in [0.15, 0.2) is 0 Å². The van der Waals surface area contributed by atoms with Crippen LogP contribution in [-0.4, -0.2) is 29.1 Å². The standard InChI is InChI=1S/C19H23N3O2S/c1-18(2)15-14(4-3-10-24-15)19(18,20)17(23)22-13-7-5-12(6-8-13)16-21-9-11-25-16/h5-9,11,14-15H,3-4,10,20H2,1-2H3,(H,22,23). The molecule has 1 aromatic heterocycles. The molecule has 1 aromatic carbocycles. The Labute approximate surface area is 151 Å². The maximum atomic E-state index is 13.0. The second-order valence-corrected chi connectivity index (χ2v) is 8.39. The summed E-state index contributed by atoms with van der Waals surface area (Å²) in [7, 11) is 0. The number of rotatable bonds is 3. The Morgan fingerprint density at radius 2 is 2.12 bits per heavy atom. The van der Waals surface area contributed by atoms with Gasteiger partial charge in [0, 0.05) is 40.8 Å². The number of nitrogens with one attached hydrogen (secondary N) is 1. The molecule has 1 saturated heterocycles. The van der Waals surface area contributed by atoms with E-state index in [2.05, 4.69) is 10.3 Å². The van der Waals surface area contributed by atoms with Gasteiger partial charge in [-0.05, 0) is 37.1 Å². The van der Waals surface area contributed by atoms with Gasteiger partial charge < -0.3 is 15.8 Å². The summed E-state index contributed by atoms with van der Waals surface area (Å²) in [4.78, 5) is 17.3. The summed E-state index contributed by atoms with van der Waals surface area (Å²) in [5.41, 5.74) is 7.16. The zero-order valence-corrected chi connectivity index (χ0v) is 15.3. The summed E-state index contributed by atoms with van der Waals surface area (Å²) in [5.74, 6) is -0.0305. The molecule has 0 spiro atoms. The van der Waals surface area contributed by atoms with E-state index in [0.29, 0.717) is 0 Å². The first-order chi connectivity index (χ1) is 11.9. The highest BCUT2D eigenvalue weighted by molar-refractivity contribution is 7.13. The number of carbonyl (C=O) groups is 1. The van der Waals surface area contributed by atoms with Crippen LogP contribution >= 0.6 is 11.3 Å². The third-order valence-electron chi connectivity index (χ3n) is 5.88. The predicted molar refractivity (Wildman–Crippen MR) is 99.3 cm³/mol. The first-order valence-corrected chi connectivity index (χ1v) is 9.54. The van der Waals surface area contributed by atoms with E-state index in [1.165, 1.54) is 0 Å². The number of thiazole rings is 1. The van der Waals surface area contributed by atoms with Gasteiger partial charge in [0.25, 0.3) is 0 Å². The van der Waals surface area contributed by atoms with Gasteiger partial charge in [0.1, 0.15) is 10.5 Å². The summed E-state index contributed by atoms with van der Waals surface area (Å²) in [6, 6.07) is 7.74. The van der Waals surface area contributed by atoms with Gasteiger partial charge in [0.05, 0.1) is 6.10 Å². The smallest absolute Gasteiger partial charge is 0.245 e. The molecular weight excluding hydrogens is 334 g/mol. The van der Waals surface area contributed by atoms with Crippen molar-refractivity contribution in [2.45, 2.75) is 38.3 Å². The normalized spacial score (nSPS) is 30.2. The number of nitrogens with zero attached hydrogens (tertiary/aromatic N) is 1. The van der Waals surface area contributed by atoms with Gasteiger partial charge in [-0.3, -0.25) is 4.79 Å². The Hall–Kier alpha value is -1.76.